The lowest BCUT2D eigenvalue weighted by Gasteiger charge is -2.06. The summed E-state index contributed by atoms with van der Waals surface area (Å²) < 4.78 is 2.52. The summed E-state index contributed by atoms with van der Waals surface area (Å²) in [6.07, 6.45) is 0. The van der Waals surface area contributed by atoms with E-state index in [0.717, 1.165) is 10.3 Å². The Bertz CT molecular complexity index is 465. The molecule has 0 spiro atoms. The van der Waals surface area contributed by atoms with Crippen molar-refractivity contribution in [3.8, 4) is 11.5 Å². The molecule has 78 valence electrons. The Morgan fingerprint density at radius 1 is 1.33 bits per heavy atom. The van der Waals surface area contributed by atoms with Gasteiger partial charge in [-0.2, -0.15) is 0 Å². The molecule has 0 fully saturated rings. The van der Waals surface area contributed by atoms with Crippen LogP contribution >= 0.6 is 15.9 Å². The van der Waals surface area contributed by atoms with Crippen LogP contribution in [0.25, 0.3) is 11.5 Å². The number of rotatable bonds is 2. The molecule has 2 heterocycles. The first kappa shape index (κ1) is 10.2. The Balaban J connectivity index is 2.49. The fraction of sp³-hybridized carbons (Fsp3) is 0.333. The van der Waals surface area contributed by atoms with Crippen LogP contribution in [0.3, 0.4) is 0 Å². The summed E-state index contributed by atoms with van der Waals surface area (Å²) in [6, 6.07) is 5.88. The molecule has 0 saturated heterocycles. The van der Waals surface area contributed by atoms with Crippen LogP contribution in [0.15, 0.2) is 22.8 Å². The monoisotopic (exact) mass is 267 g/mol. The van der Waals surface area contributed by atoms with Crippen LogP contribution in [-0.2, 0) is 0 Å². The van der Waals surface area contributed by atoms with E-state index in [-0.39, 0.29) is 6.04 Å². The van der Waals surface area contributed by atoms with E-state index in [4.69, 9.17) is 0 Å². The third-order valence-electron chi connectivity index (χ3n) is 1.93. The number of nitrogens with zero attached hydrogens (tertiary/aromatic N) is 5. The summed E-state index contributed by atoms with van der Waals surface area (Å²) in [5, 5.41) is 11.5. The maximum Gasteiger partial charge on any atom is 0.200 e. The van der Waals surface area contributed by atoms with Crippen molar-refractivity contribution in [2.45, 2.75) is 19.9 Å². The number of aromatic nitrogens is 5. The highest BCUT2D eigenvalue weighted by atomic mass is 79.9. The van der Waals surface area contributed by atoms with Crippen molar-refractivity contribution in [2.24, 2.45) is 0 Å². The van der Waals surface area contributed by atoms with E-state index in [9.17, 15) is 0 Å². The highest BCUT2D eigenvalue weighted by Gasteiger charge is 2.12. The van der Waals surface area contributed by atoms with Gasteiger partial charge in [0.2, 0.25) is 5.82 Å². The Labute approximate surface area is 95.7 Å². The minimum absolute atomic E-state index is 0.218. The van der Waals surface area contributed by atoms with E-state index in [2.05, 4.69) is 36.4 Å². The minimum atomic E-state index is 0.218. The lowest BCUT2D eigenvalue weighted by molar-refractivity contribution is 0.518. The van der Waals surface area contributed by atoms with Gasteiger partial charge in [-0.1, -0.05) is 6.07 Å². The zero-order chi connectivity index (χ0) is 10.8. The third kappa shape index (κ3) is 2.04. The molecule has 0 bridgehead atoms. The summed E-state index contributed by atoms with van der Waals surface area (Å²) in [4.78, 5) is 4.31. The van der Waals surface area contributed by atoms with Gasteiger partial charge >= 0.3 is 0 Å². The zero-order valence-corrected chi connectivity index (χ0v) is 10.0. The van der Waals surface area contributed by atoms with Crippen LogP contribution in [0, 0.1) is 0 Å². The maximum absolute atomic E-state index is 4.31. The first-order valence-corrected chi connectivity index (χ1v) is 5.38. The van der Waals surface area contributed by atoms with Crippen LogP contribution < -0.4 is 0 Å². The van der Waals surface area contributed by atoms with Crippen LogP contribution in [-0.4, -0.2) is 25.2 Å². The van der Waals surface area contributed by atoms with Gasteiger partial charge in [-0.25, -0.2) is 9.67 Å². The molecule has 0 aliphatic carbocycles. The predicted molar refractivity (Wildman–Crippen MR) is 59.1 cm³/mol. The molecule has 0 amide bonds. The third-order valence-corrected chi connectivity index (χ3v) is 2.37. The Morgan fingerprint density at radius 3 is 2.80 bits per heavy atom. The van der Waals surface area contributed by atoms with Crippen LogP contribution in [0.4, 0.5) is 0 Å². The summed E-state index contributed by atoms with van der Waals surface area (Å²) in [6.45, 7) is 4.05. The molecule has 15 heavy (non-hydrogen) atoms. The van der Waals surface area contributed by atoms with Crippen molar-refractivity contribution in [1.29, 1.82) is 0 Å². The van der Waals surface area contributed by atoms with E-state index in [1.54, 1.807) is 4.68 Å². The average Bonchev–Trinajstić information content (AvgIpc) is 2.65. The molecule has 2 aromatic rings. The first-order valence-electron chi connectivity index (χ1n) is 4.59. The molecule has 0 unspecified atom stereocenters. The van der Waals surface area contributed by atoms with Crippen molar-refractivity contribution < 1.29 is 0 Å². The predicted octanol–water partition coefficient (Wildman–Crippen LogP) is 2.08. The normalized spacial score (nSPS) is 10.9. The van der Waals surface area contributed by atoms with Crippen molar-refractivity contribution in [2.75, 3.05) is 0 Å². The lowest BCUT2D eigenvalue weighted by Crippen LogP contribution is -2.06. The summed E-state index contributed by atoms with van der Waals surface area (Å²) in [5.74, 6) is 0.686. The van der Waals surface area contributed by atoms with Crippen LogP contribution in [0.2, 0.25) is 0 Å². The number of halogens is 1. The van der Waals surface area contributed by atoms with Crippen LogP contribution in [0.5, 0.6) is 0 Å². The maximum atomic E-state index is 4.31. The molecule has 0 radical (unpaired) electrons. The molecule has 0 aromatic carbocycles. The molecule has 0 saturated carbocycles. The summed E-state index contributed by atoms with van der Waals surface area (Å²) in [7, 11) is 0. The molecule has 0 aliphatic heterocycles. The fourth-order valence-electron chi connectivity index (χ4n) is 1.24. The van der Waals surface area contributed by atoms with Crippen molar-refractivity contribution in [3.05, 3.63) is 22.8 Å². The zero-order valence-electron chi connectivity index (χ0n) is 8.42. The minimum Gasteiger partial charge on any atom is -0.237 e. The van der Waals surface area contributed by atoms with E-state index < -0.39 is 0 Å². The largest absolute Gasteiger partial charge is 0.237 e. The van der Waals surface area contributed by atoms with Gasteiger partial charge in [-0.3, -0.25) is 0 Å². The molecule has 6 heteroatoms. The first-order chi connectivity index (χ1) is 7.18. The van der Waals surface area contributed by atoms with E-state index in [1.165, 1.54) is 0 Å². The SMILES string of the molecule is CC(C)n1nnnc1-c1cccc(Br)n1. The molecule has 2 rings (SSSR count). The quantitative estimate of drug-likeness (QED) is 0.782. The highest BCUT2D eigenvalue weighted by molar-refractivity contribution is 9.10. The highest BCUT2D eigenvalue weighted by Crippen LogP contribution is 2.18. The lowest BCUT2D eigenvalue weighted by atomic mass is 10.3. The van der Waals surface area contributed by atoms with Crippen LogP contribution in [0.1, 0.15) is 19.9 Å². The van der Waals surface area contributed by atoms with Gasteiger partial charge in [-0.05, 0) is 52.3 Å². The number of hydrogen-bond donors (Lipinski definition) is 0. The van der Waals surface area contributed by atoms with Gasteiger partial charge in [0, 0.05) is 0 Å². The Morgan fingerprint density at radius 2 is 2.13 bits per heavy atom. The van der Waals surface area contributed by atoms with Gasteiger partial charge < -0.3 is 0 Å². The van der Waals surface area contributed by atoms with E-state index in [1.807, 2.05) is 32.0 Å². The smallest absolute Gasteiger partial charge is 0.200 e. The Kier molecular flexibility index (Phi) is 2.77. The number of hydrogen-bond acceptors (Lipinski definition) is 4. The van der Waals surface area contributed by atoms with Crippen molar-refractivity contribution in [1.82, 2.24) is 25.2 Å². The van der Waals surface area contributed by atoms with E-state index in [0.29, 0.717) is 5.82 Å². The molecular formula is C9H10BrN5. The molecule has 0 atom stereocenters. The number of tetrazole rings is 1. The van der Waals surface area contributed by atoms with E-state index >= 15 is 0 Å². The average molecular weight is 268 g/mol. The molecule has 2 aromatic heterocycles. The Hall–Kier alpha value is -1.30. The summed E-state index contributed by atoms with van der Waals surface area (Å²) in [5.41, 5.74) is 0.767. The van der Waals surface area contributed by atoms with Gasteiger partial charge in [0.1, 0.15) is 10.3 Å². The second-order valence-electron chi connectivity index (χ2n) is 3.39. The van der Waals surface area contributed by atoms with Crippen molar-refractivity contribution >= 4 is 15.9 Å². The standard InChI is InChI=1S/C9H10BrN5/c1-6(2)15-9(12-13-14-15)7-4-3-5-8(10)11-7/h3-6H,1-2H3. The fourth-order valence-corrected chi connectivity index (χ4v) is 1.59. The van der Waals surface area contributed by atoms with Crippen molar-refractivity contribution in [3.63, 3.8) is 0 Å². The van der Waals surface area contributed by atoms with Gasteiger partial charge in [0.05, 0.1) is 6.04 Å². The van der Waals surface area contributed by atoms with Gasteiger partial charge in [0.15, 0.2) is 0 Å². The second-order valence-corrected chi connectivity index (χ2v) is 4.20. The molecular weight excluding hydrogens is 258 g/mol. The molecule has 5 nitrogen and oxygen atoms in total. The molecule has 0 N–H and O–H groups in total. The topological polar surface area (TPSA) is 56.5 Å². The second kappa shape index (κ2) is 4.06. The van der Waals surface area contributed by atoms with Gasteiger partial charge in [0.25, 0.3) is 0 Å². The summed E-state index contributed by atoms with van der Waals surface area (Å²) >= 11 is 3.32. The number of pyridine rings is 1. The van der Waals surface area contributed by atoms with Gasteiger partial charge in [-0.15, -0.1) is 5.10 Å². The molecule has 0 aliphatic rings.